The molecule has 0 spiro atoms. The minimum Gasteiger partial charge on any atom is -0.457 e. The molecule has 0 aliphatic heterocycles. The van der Waals surface area contributed by atoms with Crippen LogP contribution in [0.3, 0.4) is 0 Å². The number of rotatable bonds is 7. The first kappa shape index (κ1) is 21.9. The number of hydrogen-bond donors (Lipinski definition) is 1. The first-order valence-corrected chi connectivity index (χ1v) is 11.2. The van der Waals surface area contributed by atoms with Crippen molar-refractivity contribution < 1.29 is 22.7 Å². The SMILES string of the molecule is C=C1CC[C@@H](OC)C/C=C\C=C1Oc1ccc(C(=O)NCCS(C)(=O)=O)cc1. The number of nitrogens with one attached hydrogen (secondary N) is 1. The van der Waals surface area contributed by atoms with Gasteiger partial charge in [-0.15, -0.1) is 0 Å². The number of ether oxygens (including phenoxy) is 2. The highest BCUT2D eigenvalue weighted by atomic mass is 32.2. The van der Waals surface area contributed by atoms with Crippen LogP contribution in [0.1, 0.15) is 29.6 Å². The zero-order valence-corrected chi connectivity index (χ0v) is 17.1. The highest BCUT2D eigenvalue weighted by molar-refractivity contribution is 7.90. The third-order valence-corrected chi connectivity index (χ3v) is 5.28. The topological polar surface area (TPSA) is 81.7 Å². The van der Waals surface area contributed by atoms with E-state index in [2.05, 4.69) is 11.9 Å². The van der Waals surface area contributed by atoms with Gasteiger partial charge in [0.1, 0.15) is 21.3 Å². The van der Waals surface area contributed by atoms with E-state index in [1.54, 1.807) is 31.4 Å². The van der Waals surface area contributed by atoms with Crippen LogP contribution in [-0.2, 0) is 14.6 Å². The summed E-state index contributed by atoms with van der Waals surface area (Å²) in [6, 6.07) is 6.68. The molecule has 1 aliphatic rings. The summed E-state index contributed by atoms with van der Waals surface area (Å²) in [6.45, 7) is 4.19. The molecule has 6 nitrogen and oxygen atoms in total. The Morgan fingerprint density at radius 2 is 2.00 bits per heavy atom. The fourth-order valence-corrected chi connectivity index (χ4v) is 3.13. The average molecular weight is 406 g/mol. The van der Waals surface area contributed by atoms with E-state index in [1.165, 1.54) is 0 Å². The summed E-state index contributed by atoms with van der Waals surface area (Å²) in [6.07, 6.45) is 9.64. The van der Waals surface area contributed by atoms with Crippen LogP contribution in [0.15, 0.2) is 60.4 Å². The number of amides is 1. The predicted molar refractivity (Wildman–Crippen MR) is 110 cm³/mol. The van der Waals surface area contributed by atoms with E-state index in [-0.39, 0.29) is 24.3 Å². The van der Waals surface area contributed by atoms with Crippen molar-refractivity contribution in [3.63, 3.8) is 0 Å². The number of benzene rings is 1. The largest absolute Gasteiger partial charge is 0.457 e. The molecular formula is C21H27NO5S. The Bertz CT molecular complexity index is 853. The van der Waals surface area contributed by atoms with Crippen molar-refractivity contribution in [3.05, 3.63) is 66.0 Å². The van der Waals surface area contributed by atoms with Crippen LogP contribution < -0.4 is 10.1 Å². The molecule has 1 atom stereocenters. The molecule has 1 aliphatic carbocycles. The highest BCUT2D eigenvalue weighted by Crippen LogP contribution is 2.24. The lowest BCUT2D eigenvalue weighted by molar-refractivity contribution is 0.0956. The lowest BCUT2D eigenvalue weighted by atomic mass is 10.1. The van der Waals surface area contributed by atoms with Crippen molar-refractivity contribution in [2.45, 2.75) is 25.4 Å². The molecule has 0 radical (unpaired) electrons. The summed E-state index contributed by atoms with van der Waals surface area (Å²) in [5.74, 6) is 0.859. The molecule has 0 heterocycles. The molecule has 28 heavy (non-hydrogen) atoms. The smallest absolute Gasteiger partial charge is 0.251 e. The van der Waals surface area contributed by atoms with Crippen LogP contribution in [0.2, 0.25) is 0 Å². The summed E-state index contributed by atoms with van der Waals surface area (Å²) < 4.78 is 33.6. The number of allylic oxidation sites excluding steroid dienone is 3. The van der Waals surface area contributed by atoms with Crippen molar-refractivity contribution in [1.29, 1.82) is 0 Å². The van der Waals surface area contributed by atoms with Gasteiger partial charge in [0, 0.05) is 25.5 Å². The van der Waals surface area contributed by atoms with Gasteiger partial charge in [0.25, 0.3) is 5.91 Å². The van der Waals surface area contributed by atoms with Crippen molar-refractivity contribution in [1.82, 2.24) is 5.32 Å². The second kappa shape index (κ2) is 10.2. The molecule has 1 amide bonds. The van der Waals surface area contributed by atoms with Gasteiger partial charge in [-0.2, -0.15) is 0 Å². The summed E-state index contributed by atoms with van der Waals surface area (Å²) in [7, 11) is -1.40. The van der Waals surface area contributed by atoms with E-state index >= 15 is 0 Å². The predicted octanol–water partition coefficient (Wildman–Crippen LogP) is 3.04. The molecule has 0 saturated heterocycles. The molecule has 0 bridgehead atoms. The Hall–Kier alpha value is -2.38. The normalized spacial score (nSPS) is 19.0. The molecule has 1 N–H and O–H groups in total. The summed E-state index contributed by atoms with van der Waals surface area (Å²) in [4.78, 5) is 12.1. The molecule has 0 saturated carbocycles. The Morgan fingerprint density at radius 1 is 1.29 bits per heavy atom. The Morgan fingerprint density at radius 3 is 2.64 bits per heavy atom. The summed E-state index contributed by atoms with van der Waals surface area (Å²) >= 11 is 0. The van der Waals surface area contributed by atoms with Crippen LogP contribution in [0.25, 0.3) is 0 Å². The van der Waals surface area contributed by atoms with E-state index in [0.29, 0.717) is 17.1 Å². The maximum absolute atomic E-state index is 12.1. The monoisotopic (exact) mass is 405 g/mol. The van der Waals surface area contributed by atoms with Crippen LogP contribution in [-0.4, -0.2) is 46.1 Å². The second-order valence-corrected chi connectivity index (χ2v) is 8.97. The molecule has 152 valence electrons. The fourth-order valence-electron chi connectivity index (χ4n) is 2.65. The van der Waals surface area contributed by atoms with Gasteiger partial charge in [-0.05, 0) is 55.2 Å². The van der Waals surface area contributed by atoms with Crippen molar-refractivity contribution >= 4 is 15.7 Å². The first-order chi connectivity index (χ1) is 13.3. The van der Waals surface area contributed by atoms with Crippen molar-refractivity contribution in [2.75, 3.05) is 25.7 Å². The molecule has 2 rings (SSSR count). The molecule has 0 aromatic heterocycles. The van der Waals surface area contributed by atoms with Gasteiger partial charge in [0.2, 0.25) is 0 Å². The van der Waals surface area contributed by atoms with Gasteiger partial charge in [-0.3, -0.25) is 4.79 Å². The lowest BCUT2D eigenvalue weighted by Gasteiger charge is -2.15. The molecule has 7 heteroatoms. The van der Waals surface area contributed by atoms with Crippen LogP contribution >= 0.6 is 0 Å². The summed E-state index contributed by atoms with van der Waals surface area (Å²) in [5, 5.41) is 2.59. The van der Waals surface area contributed by atoms with Gasteiger partial charge in [0.05, 0.1) is 11.9 Å². The van der Waals surface area contributed by atoms with Gasteiger partial charge in [-0.25, -0.2) is 8.42 Å². The Labute approximate surface area is 166 Å². The minimum atomic E-state index is -3.11. The standard InChI is InChI=1S/C21H27NO5S/c1-16-8-11-18(26-2)6-4-5-7-20(16)27-19-12-9-17(10-13-19)21(23)22-14-15-28(3,24)25/h4-5,7,9-10,12-13,18H,1,6,8,11,14-15H2,2-3H3,(H,22,23)/b5-4-,20-7?/t18-/m0/s1. The van der Waals surface area contributed by atoms with Crippen LogP contribution in [0, 0.1) is 0 Å². The number of hydrogen-bond acceptors (Lipinski definition) is 5. The Balaban J connectivity index is 1.97. The molecule has 1 aromatic rings. The second-order valence-electron chi connectivity index (χ2n) is 6.71. The number of sulfone groups is 1. The number of methoxy groups -OCH3 is 1. The van der Waals surface area contributed by atoms with E-state index in [1.807, 2.05) is 18.2 Å². The van der Waals surface area contributed by atoms with Gasteiger partial charge in [0.15, 0.2) is 0 Å². The lowest BCUT2D eigenvalue weighted by Crippen LogP contribution is -2.28. The quantitative estimate of drug-likeness (QED) is 0.754. The van der Waals surface area contributed by atoms with Crippen molar-refractivity contribution in [2.24, 2.45) is 0 Å². The number of carbonyl (C=O) groups is 1. The maximum atomic E-state index is 12.1. The Kier molecular flexibility index (Phi) is 8.02. The third-order valence-electron chi connectivity index (χ3n) is 4.34. The fraction of sp³-hybridized carbons (Fsp3) is 0.381. The minimum absolute atomic E-state index is 0.0808. The van der Waals surface area contributed by atoms with Crippen LogP contribution in [0.5, 0.6) is 5.75 Å². The zero-order valence-electron chi connectivity index (χ0n) is 16.3. The molecule has 0 fully saturated rings. The molecular weight excluding hydrogens is 378 g/mol. The van der Waals surface area contributed by atoms with Gasteiger partial charge >= 0.3 is 0 Å². The number of carbonyl (C=O) groups excluding carboxylic acids is 1. The van der Waals surface area contributed by atoms with Gasteiger partial charge < -0.3 is 14.8 Å². The third kappa shape index (κ3) is 7.32. The van der Waals surface area contributed by atoms with E-state index in [0.717, 1.165) is 31.1 Å². The molecule has 1 aromatic carbocycles. The van der Waals surface area contributed by atoms with E-state index in [9.17, 15) is 13.2 Å². The molecule has 0 unspecified atom stereocenters. The van der Waals surface area contributed by atoms with Crippen LogP contribution in [0.4, 0.5) is 0 Å². The van der Waals surface area contributed by atoms with Gasteiger partial charge in [-0.1, -0.05) is 18.7 Å². The zero-order chi connectivity index (χ0) is 20.6. The summed E-state index contributed by atoms with van der Waals surface area (Å²) in [5.41, 5.74) is 1.32. The highest BCUT2D eigenvalue weighted by Gasteiger charge is 2.13. The van der Waals surface area contributed by atoms with Crippen molar-refractivity contribution in [3.8, 4) is 5.75 Å². The maximum Gasteiger partial charge on any atom is 0.251 e. The first-order valence-electron chi connectivity index (χ1n) is 9.10. The van der Waals surface area contributed by atoms with E-state index in [4.69, 9.17) is 9.47 Å². The average Bonchev–Trinajstić information content (AvgIpc) is 2.73. The van der Waals surface area contributed by atoms with E-state index < -0.39 is 9.84 Å².